The number of rotatable bonds is 8. The second-order valence-corrected chi connectivity index (χ2v) is 14.1. The van der Waals surface area contributed by atoms with Gasteiger partial charge in [-0.2, -0.15) is 0 Å². The summed E-state index contributed by atoms with van der Waals surface area (Å²) in [6.07, 6.45) is -2.85. The van der Waals surface area contributed by atoms with Crippen LogP contribution >= 0.6 is 11.6 Å². The van der Waals surface area contributed by atoms with Gasteiger partial charge in [0.25, 0.3) is 0 Å². The number of ether oxygens (including phenoxy) is 1. The summed E-state index contributed by atoms with van der Waals surface area (Å²) in [6, 6.07) is 8.12. The Morgan fingerprint density at radius 2 is 0.621 bits per heavy atom. The van der Waals surface area contributed by atoms with Crippen molar-refractivity contribution >= 4 is 50.5 Å². The highest BCUT2D eigenvalue weighted by atomic mass is 35.5. The molecule has 0 unspecified atom stereocenters. The fraction of sp³-hybridized carbons (Fsp3) is 0.118. The lowest BCUT2D eigenvalue weighted by molar-refractivity contribution is 0.334. The third kappa shape index (κ3) is 7.17. The van der Waals surface area contributed by atoms with E-state index in [0.29, 0.717) is 12.5 Å². The van der Waals surface area contributed by atoms with Crippen LogP contribution in [0.3, 0.4) is 0 Å². The Kier molecular flexibility index (Phi) is 13.6. The van der Waals surface area contributed by atoms with Crippen molar-refractivity contribution in [2.24, 2.45) is 0 Å². The van der Waals surface area contributed by atoms with E-state index in [9.17, 15) is 52.7 Å². The number of alkyl halides is 1. The standard InChI is InChI=1S/C24BF20.C10H14ClOS/c26-5-1(6(27)14(35)21(42)13(5)34)25(2-7(28)15(36)22(43)16(37)8(2)29,3-9(30)17(38)23(44)18(39)10(3)31)4-11(32)19(40)24(45)20(41)12(4)33;1-13(2)10-6-4-3-5-9(10)12-8-7-11/h;3-6H,7-8H2,1-2H3/q-1;+1. The lowest BCUT2D eigenvalue weighted by atomic mass is 9.12. The second-order valence-electron chi connectivity index (χ2n) is 11.6. The first kappa shape index (κ1) is 45.9. The van der Waals surface area contributed by atoms with E-state index in [1.807, 2.05) is 18.2 Å². The van der Waals surface area contributed by atoms with Crippen LogP contribution in [0.15, 0.2) is 29.2 Å². The largest absolute Gasteiger partial charge is 0.487 e. The number of hydrogen-bond donors (Lipinski definition) is 0. The Morgan fingerprint density at radius 1 is 0.397 bits per heavy atom. The molecule has 0 aliphatic heterocycles. The minimum Gasteiger partial charge on any atom is -0.487 e. The van der Waals surface area contributed by atoms with Crippen molar-refractivity contribution in [3.63, 3.8) is 0 Å². The molecule has 0 saturated heterocycles. The Hall–Kier alpha value is -4.80. The van der Waals surface area contributed by atoms with Gasteiger partial charge in [-0.15, -0.1) is 33.5 Å². The second kappa shape index (κ2) is 17.2. The summed E-state index contributed by atoms with van der Waals surface area (Å²) in [5.74, 6) is -69.9. The molecule has 0 fully saturated rings. The highest BCUT2D eigenvalue weighted by molar-refractivity contribution is 7.95. The fourth-order valence-corrected chi connectivity index (χ4v) is 6.89. The summed E-state index contributed by atoms with van der Waals surface area (Å²) in [7, 11) is 0.238. The maximum Gasteiger partial charge on any atom is 0.200 e. The summed E-state index contributed by atoms with van der Waals surface area (Å²) in [5.41, 5.74) is -14.3. The molecule has 0 aromatic heterocycles. The van der Waals surface area contributed by atoms with Crippen LogP contribution < -0.4 is 26.6 Å². The summed E-state index contributed by atoms with van der Waals surface area (Å²) >= 11 is 5.56. The van der Waals surface area contributed by atoms with Gasteiger partial charge in [0.05, 0.1) is 5.88 Å². The van der Waals surface area contributed by atoms with E-state index in [1.54, 1.807) is 0 Å². The van der Waals surface area contributed by atoms with Crippen molar-refractivity contribution in [3.05, 3.63) is 141 Å². The van der Waals surface area contributed by atoms with Crippen LogP contribution in [0, 0.1) is 116 Å². The minimum atomic E-state index is -7.22. The van der Waals surface area contributed by atoms with Crippen molar-refractivity contribution in [2.45, 2.75) is 4.90 Å². The summed E-state index contributed by atoms with van der Waals surface area (Å²) < 4.78 is 299. The van der Waals surface area contributed by atoms with E-state index in [-0.39, 0.29) is 10.9 Å². The summed E-state index contributed by atoms with van der Waals surface area (Å²) in [4.78, 5) is 1.27. The maximum atomic E-state index is 15.4. The predicted octanol–water partition coefficient (Wildman–Crippen LogP) is 8.39. The average molecular weight is 897 g/mol. The zero-order valence-electron chi connectivity index (χ0n) is 28.1. The smallest absolute Gasteiger partial charge is 0.200 e. The maximum absolute atomic E-state index is 15.4. The van der Waals surface area contributed by atoms with Crippen LogP contribution in [0.1, 0.15) is 0 Å². The van der Waals surface area contributed by atoms with Gasteiger partial charge in [-0.3, -0.25) is 0 Å². The molecule has 0 atom stereocenters. The highest BCUT2D eigenvalue weighted by Crippen LogP contribution is 2.31. The quantitative estimate of drug-likeness (QED) is 0.0380. The molecule has 0 aliphatic rings. The molecular weight excluding hydrogens is 883 g/mol. The van der Waals surface area contributed by atoms with Gasteiger partial charge < -0.3 is 4.74 Å². The minimum absolute atomic E-state index is 0.238. The topological polar surface area (TPSA) is 9.23 Å². The Morgan fingerprint density at radius 3 is 0.845 bits per heavy atom. The highest BCUT2D eigenvalue weighted by Gasteiger charge is 2.52. The van der Waals surface area contributed by atoms with Crippen LogP contribution in [0.4, 0.5) is 87.8 Å². The van der Waals surface area contributed by atoms with E-state index in [0.717, 1.165) is 5.75 Å². The molecule has 1 nitrogen and oxygen atoms in total. The molecule has 0 heterocycles. The third-order valence-corrected chi connectivity index (χ3v) is 9.70. The Bertz CT molecular complexity index is 2060. The molecule has 0 saturated carbocycles. The van der Waals surface area contributed by atoms with Crippen molar-refractivity contribution in [1.82, 2.24) is 0 Å². The number of benzene rings is 5. The van der Waals surface area contributed by atoms with Crippen molar-refractivity contribution in [2.75, 3.05) is 25.0 Å². The van der Waals surface area contributed by atoms with E-state index in [2.05, 4.69) is 18.6 Å². The first-order valence-electron chi connectivity index (χ1n) is 15.0. The van der Waals surface area contributed by atoms with E-state index >= 15 is 35.1 Å². The molecule has 58 heavy (non-hydrogen) atoms. The monoisotopic (exact) mass is 896 g/mol. The van der Waals surface area contributed by atoms with E-state index in [4.69, 9.17) is 16.3 Å². The van der Waals surface area contributed by atoms with E-state index < -0.39 is 144 Å². The van der Waals surface area contributed by atoms with Gasteiger partial charge in [0.15, 0.2) is 80.5 Å². The average Bonchev–Trinajstić information content (AvgIpc) is 3.20. The summed E-state index contributed by atoms with van der Waals surface area (Å²) in [5, 5.41) is 0. The number of hydrogen-bond acceptors (Lipinski definition) is 1. The molecule has 5 rings (SSSR count). The molecular formula is C34H14BClF20OS. The molecule has 5 aromatic carbocycles. The molecule has 0 radical (unpaired) electrons. The van der Waals surface area contributed by atoms with Gasteiger partial charge in [-0.1, -0.05) is 12.1 Å². The Balaban J connectivity index is 0.000000486. The van der Waals surface area contributed by atoms with Crippen molar-refractivity contribution in [1.29, 1.82) is 0 Å². The molecule has 0 N–H and O–H groups in total. The SMILES string of the molecule is C[S+](C)c1ccccc1OCCCl.Fc1c(F)c(F)c([B-](c2c(F)c(F)c(F)c(F)c2F)(c2c(F)c(F)c(F)c(F)c2F)c2c(F)c(F)c(F)c(F)c2F)c(F)c1F. The van der Waals surface area contributed by atoms with Gasteiger partial charge in [0.2, 0.25) is 0 Å². The number of halogens is 21. The van der Waals surface area contributed by atoms with Gasteiger partial charge in [0, 0.05) is 10.9 Å². The van der Waals surface area contributed by atoms with E-state index in [1.165, 1.54) is 4.90 Å². The van der Waals surface area contributed by atoms with Crippen LogP contribution in [0.5, 0.6) is 5.75 Å². The molecule has 0 aliphatic carbocycles. The van der Waals surface area contributed by atoms with Crippen molar-refractivity contribution < 1.29 is 92.5 Å². The lowest BCUT2D eigenvalue weighted by Crippen LogP contribution is -2.81. The number of para-hydroxylation sites is 1. The molecule has 0 amide bonds. The predicted molar refractivity (Wildman–Crippen MR) is 169 cm³/mol. The zero-order valence-corrected chi connectivity index (χ0v) is 29.6. The van der Waals surface area contributed by atoms with Gasteiger partial charge >= 0.3 is 0 Å². The van der Waals surface area contributed by atoms with Crippen molar-refractivity contribution in [3.8, 4) is 5.75 Å². The zero-order chi connectivity index (χ0) is 44.0. The first-order chi connectivity index (χ1) is 27.0. The summed E-state index contributed by atoms with van der Waals surface area (Å²) in [6.45, 7) is 0.579. The van der Waals surface area contributed by atoms with Crippen LogP contribution in [0.25, 0.3) is 0 Å². The molecule has 5 aromatic rings. The van der Waals surface area contributed by atoms with Gasteiger partial charge in [0.1, 0.15) is 71.8 Å². The Labute approximate surface area is 319 Å². The van der Waals surface area contributed by atoms with Gasteiger partial charge in [-0.05, 0) is 12.1 Å². The molecule has 312 valence electrons. The fourth-order valence-electron chi connectivity index (χ4n) is 5.93. The van der Waals surface area contributed by atoms with Crippen LogP contribution in [0.2, 0.25) is 0 Å². The third-order valence-electron chi connectivity index (χ3n) is 8.33. The van der Waals surface area contributed by atoms with Crippen LogP contribution in [-0.2, 0) is 10.9 Å². The normalized spacial score (nSPS) is 11.7. The lowest BCUT2D eigenvalue weighted by Gasteiger charge is -2.44. The van der Waals surface area contributed by atoms with Gasteiger partial charge in [-0.25, -0.2) is 87.8 Å². The first-order valence-corrected chi connectivity index (χ1v) is 17.6. The molecule has 24 heteroatoms. The van der Waals surface area contributed by atoms with Crippen LogP contribution in [-0.4, -0.2) is 31.1 Å². The molecule has 0 spiro atoms. The molecule has 0 bridgehead atoms.